The summed E-state index contributed by atoms with van der Waals surface area (Å²) in [5.41, 5.74) is 0.737. The summed E-state index contributed by atoms with van der Waals surface area (Å²) in [6.07, 6.45) is 1.76. The zero-order valence-electron chi connectivity index (χ0n) is 11.0. The van der Waals surface area contributed by atoms with Crippen LogP contribution in [0.15, 0.2) is 30.3 Å². The number of benzene rings is 1. The van der Waals surface area contributed by atoms with E-state index in [1.165, 1.54) is 0 Å². The third-order valence-corrected chi connectivity index (χ3v) is 6.55. The fraction of sp³-hybridized carbons (Fsp3) is 0.571. The van der Waals surface area contributed by atoms with Crippen LogP contribution >= 0.6 is 15.9 Å². The second-order valence-corrected chi connectivity index (χ2v) is 7.48. The van der Waals surface area contributed by atoms with Crippen LogP contribution in [0.4, 0.5) is 0 Å². The maximum absolute atomic E-state index is 12.3. The minimum atomic E-state index is -3.06. The number of hydrogen-bond acceptors (Lipinski definition) is 2. The normalized spacial score (nSPS) is 12.6. The van der Waals surface area contributed by atoms with E-state index in [4.69, 9.17) is 0 Å². The molecule has 0 aliphatic rings. The highest BCUT2D eigenvalue weighted by atomic mass is 79.9. The van der Waals surface area contributed by atoms with Gasteiger partial charge in [-0.25, -0.2) is 8.42 Å². The van der Waals surface area contributed by atoms with Crippen LogP contribution in [-0.4, -0.2) is 19.5 Å². The molecule has 0 atom stereocenters. The molecule has 0 bridgehead atoms. The summed E-state index contributed by atoms with van der Waals surface area (Å²) >= 11 is 3.47. The van der Waals surface area contributed by atoms with Gasteiger partial charge in [0.25, 0.3) is 0 Å². The number of hydrogen-bond donors (Lipinski definition) is 0. The van der Waals surface area contributed by atoms with E-state index in [0.717, 1.165) is 23.7 Å². The van der Waals surface area contributed by atoms with Gasteiger partial charge in [0.2, 0.25) is 0 Å². The van der Waals surface area contributed by atoms with Gasteiger partial charge in [0.05, 0.1) is 11.5 Å². The van der Waals surface area contributed by atoms with E-state index >= 15 is 0 Å². The Kier molecular flexibility index (Phi) is 5.86. The molecular weight excluding hydrogens is 312 g/mol. The Morgan fingerprint density at radius 2 is 1.67 bits per heavy atom. The predicted molar refractivity (Wildman–Crippen MR) is 80.7 cm³/mol. The molecule has 0 heterocycles. The van der Waals surface area contributed by atoms with Crippen molar-refractivity contribution < 1.29 is 8.42 Å². The molecular formula is C14H21BrO2S. The Morgan fingerprint density at radius 3 is 2.11 bits per heavy atom. The van der Waals surface area contributed by atoms with Crippen LogP contribution in [0.25, 0.3) is 0 Å². The van der Waals surface area contributed by atoms with Crippen LogP contribution in [-0.2, 0) is 15.6 Å². The molecule has 102 valence electrons. The van der Waals surface area contributed by atoms with Gasteiger partial charge in [0.1, 0.15) is 0 Å². The van der Waals surface area contributed by atoms with Crippen molar-refractivity contribution in [3.05, 3.63) is 35.9 Å². The lowest BCUT2D eigenvalue weighted by molar-refractivity contribution is 0.351. The molecule has 0 radical (unpaired) electrons. The van der Waals surface area contributed by atoms with Gasteiger partial charge in [-0.2, -0.15) is 0 Å². The zero-order valence-corrected chi connectivity index (χ0v) is 13.4. The van der Waals surface area contributed by atoms with E-state index in [1.54, 1.807) is 0 Å². The summed E-state index contributed by atoms with van der Waals surface area (Å²) in [7, 11) is -3.06. The lowest BCUT2D eigenvalue weighted by atomic mass is 9.87. The van der Waals surface area contributed by atoms with Gasteiger partial charge < -0.3 is 0 Å². The minimum Gasteiger partial charge on any atom is -0.228 e. The van der Waals surface area contributed by atoms with Gasteiger partial charge in [-0.3, -0.25) is 0 Å². The van der Waals surface area contributed by atoms with E-state index in [2.05, 4.69) is 29.8 Å². The first-order valence-corrected chi connectivity index (χ1v) is 9.21. The van der Waals surface area contributed by atoms with Gasteiger partial charge in [-0.05, 0) is 23.8 Å². The molecule has 0 saturated carbocycles. The first kappa shape index (κ1) is 15.7. The Balaban J connectivity index is 2.82. The zero-order chi connectivity index (χ0) is 13.6. The van der Waals surface area contributed by atoms with E-state index in [-0.39, 0.29) is 16.9 Å². The lowest BCUT2D eigenvalue weighted by Crippen LogP contribution is -2.31. The molecule has 0 aliphatic carbocycles. The first-order valence-electron chi connectivity index (χ1n) is 6.27. The molecule has 0 fully saturated rings. The van der Waals surface area contributed by atoms with E-state index in [1.807, 2.05) is 30.3 Å². The summed E-state index contributed by atoms with van der Waals surface area (Å²) < 4.78 is 24.5. The predicted octanol–water partition coefficient (Wildman–Crippen LogP) is 3.80. The van der Waals surface area contributed by atoms with Gasteiger partial charge in [-0.15, -0.1) is 0 Å². The molecule has 0 saturated heterocycles. The van der Waals surface area contributed by atoms with Crippen molar-refractivity contribution >= 4 is 25.8 Å². The highest BCUT2D eigenvalue weighted by molar-refractivity contribution is 9.09. The third-order valence-electron chi connectivity index (χ3n) is 3.54. The molecule has 0 N–H and O–H groups in total. The standard InChI is InChI=1S/C14H21BrO2S/c1-3-14(4-2,11-15)12-18(16,17)10-13-8-6-5-7-9-13/h5-9H,3-4,10-12H2,1-2H3. The average Bonchev–Trinajstić information content (AvgIpc) is 2.37. The molecule has 0 aliphatic heterocycles. The Morgan fingerprint density at radius 1 is 1.11 bits per heavy atom. The molecule has 18 heavy (non-hydrogen) atoms. The summed E-state index contributed by atoms with van der Waals surface area (Å²) in [6, 6.07) is 9.39. The fourth-order valence-electron chi connectivity index (χ4n) is 2.03. The largest absolute Gasteiger partial charge is 0.228 e. The second-order valence-electron chi connectivity index (χ2n) is 4.86. The van der Waals surface area contributed by atoms with Crippen LogP contribution in [0.2, 0.25) is 0 Å². The molecule has 1 rings (SSSR count). The number of sulfone groups is 1. The maximum atomic E-state index is 12.3. The average molecular weight is 333 g/mol. The Bertz CT molecular complexity index is 442. The molecule has 2 nitrogen and oxygen atoms in total. The van der Waals surface area contributed by atoms with Crippen LogP contribution in [0.5, 0.6) is 0 Å². The van der Waals surface area contributed by atoms with Crippen molar-refractivity contribution in [2.75, 3.05) is 11.1 Å². The summed E-state index contributed by atoms with van der Waals surface area (Å²) in [6.45, 7) is 4.12. The highest BCUT2D eigenvalue weighted by Crippen LogP contribution is 2.31. The Hall–Kier alpha value is -0.350. The lowest BCUT2D eigenvalue weighted by Gasteiger charge is -2.29. The van der Waals surface area contributed by atoms with Gasteiger partial charge in [-0.1, -0.05) is 60.1 Å². The second kappa shape index (κ2) is 6.71. The van der Waals surface area contributed by atoms with Gasteiger partial charge in [0.15, 0.2) is 9.84 Å². The maximum Gasteiger partial charge on any atom is 0.155 e. The van der Waals surface area contributed by atoms with Gasteiger partial charge in [0, 0.05) is 5.33 Å². The van der Waals surface area contributed by atoms with Crippen molar-refractivity contribution in [1.82, 2.24) is 0 Å². The van der Waals surface area contributed by atoms with Crippen molar-refractivity contribution in [2.45, 2.75) is 32.4 Å². The number of halogens is 1. The molecule has 0 spiro atoms. The monoisotopic (exact) mass is 332 g/mol. The summed E-state index contributed by atoms with van der Waals surface area (Å²) in [5, 5.41) is 0.737. The number of rotatable bonds is 7. The van der Waals surface area contributed by atoms with Crippen molar-refractivity contribution in [3.63, 3.8) is 0 Å². The van der Waals surface area contributed by atoms with Gasteiger partial charge >= 0.3 is 0 Å². The topological polar surface area (TPSA) is 34.1 Å². The SMILES string of the molecule is CCC(CC)(CBr)CS(=O)(=O)Cc1ccccc1. The molecule has 1 aromatic rings. The fourth-order valence-corrected chi connectivity index (χ4v) is 5.53. The van der Waals surface area contributed by atoms with Crippen LogP contribution in [0.1, 0.15) is 32.3 Å². The van der Waals surface area contributed by atoms with E-state index in [9.17, 15) is 8.42 Å². The highest BCUT2D eigenvalue weighted by Gasteiger charge is 2.31. The molecule has 1 aromatic carbocycles. The molecule has 0 unspecified atom stereocenters. The molecule has 0 amide bonds. The third kappa shape index (κ3) is 4.39. The van der Waals surface area contributed by atoms with Crippen LogP contribution < -0.4 is 0 Å². The quantitative estimate of drug-likeness (QED) is 0.711. The number of alkyl halides is 1. The molecule has 4 heteroatoms. The minimum absolute atomic E-state index is 0.131. The van der Waals surface area contributed by atoms with Crippen molar-refractivity contribution in [3.8, 4) is 0 Å². The van der Waals surface area contributed by atoms with Crippen LogP contribution in [0, 0.1) is 5.41 Å². The van der Waals surface area contributed by atoms with Crippen molar-refractivity contribution in [1.29, 1.82) is 0 Å². The van der Waals surface area contributed by atoms with Crippen LogP contribution in [0.3, 0.4) is 0 Å². The first-order chi connectivity index (χ1) is 8.47. The Labute approximate surface area is 119 Å². The van der Waals surface area contributed by atoms with E-state index < -0.39 is 9.84 Å². The summed E-state index contributed by atoms with van der Waals surface area (Å²) in [5.74, 6) is 0.399. The van der Waals surface area contributed by atoms with Crippen molar-refractivity contribution in [2.24, 2.45) is 5.41 Å². The summed E-state index contributed by atoms with van der Waals surface area (Å²) in [4.78, 5) is 0. The molecule has 0 aromatic heterocycles. The smallest absolute Gasteiger partial charge is 0.155 e. The van der Waals surface area contributed by atoms with E-state index in [0.29, 0.717) is 0 Å².